The summed E-state index contributed by atoms with van der Waals surface area (Å²) >= 11 is 0. The summed E-state index contributed by atoms with van der Waals surface area (Å²) in [5.74, 6) is 0.814. The van der Waals surface area contributed by atoms with E-state index in [1.165, 1.54) is 26.2 Å². The molecule has 0 aliphatic heterocycles. The zero-order valence-electron chi connectivity index (χ0n) is 11.8. The van der Waals surface area contributed by atoms with Gasteiger partial charge < -0.3 is 9.90 Å². The van der Waals surface area contributed by atoms with Gasteiger partial charge in [0.25, 0.3) is 0 Å². The van der Waals surface area contributed by atoms with Gasteiger partial charge in [-0.15, -0.1) is 0 Å². The molecule has 2 rings (SSSR count). The molecule has 2 bridgehead atoms. The van der Waals surface area contributed by atoms with Crippen LogP contribution < -0.4 is 5.11 Å². The van der Waals surface area contributed by atoms with Crippen LogP contribution >= 0.6 is 0 Å². The van der Waals surface area contributed by atoms with Gasteiger partial charge in [0.2, 0.25) is 0 Å². The lowest BCUT2D eigenvalue weighted by Crippen LogP contribution is -2.30. The minimum Gasteiger partial charge on any atom is -0.545 e. The number of carbonyl (C=O) groups is 1. The maximum atomic E-state index is 9.49. The highest BCUT2D eigenvalue weighted by Gasteiger charge is 2.59. The molecular formula is C15H25O2-. The Balaban J connectivity index is 0.000000209. The second kappa shape index (κ2) is 4.47. The summed E-state index contributed by atoms with van der Waals surface area (Å²) < 4.78 is 0. The minimum atomic E-state index is -1.19. The van der Waals surface area contributed by atoms with Crippen molar-refractivity contribution in [3.63, 3.8) is 0 Å². The van der Waals surface area contributed by atoms with Gasteiger partial charge in [-0.25, -0.2) is 0 Å². The molecule has 3 atom stereocenters. The first-order chi connectivity index (χ1) is 7.63. The molecule has 0 N–H and O–H groups in total. The Labute approximate surface area is 105 Å². The molecule has 2 nitrogen and oxygen atoms in total. The molecule has 2 heteroatoms. The molecule has 2 saturated carbocycles. The lowest BCUT2D eigenvalue weighted by atomic mass is 9.67. The fourth-order valence-electron chi connectivity index (χ4n) is 3.60. The minimum absolute atomic E-state index is 0.0648. The molecule has 17 heavy (non-hydrogen) atoms. The van der Waals surface area contributed by atoms with Gasteiger partial charge in [0.1, 0.15) is 0 Å². The van der Waals surface area contributed by atoms with Crippen molar-refractivity contribution in [2.75, 3.05) is 0 Å². The molecule has 0 spiro atoms. The van der Waals surface area contributed by atoms with Crippen LogP contribution in [0.1, 0.15) is 53.9 Å². The van der Waals surface area contributed by atoms with Crippen LogP contribution in [0.4, 0.5) is 0 Å². The maximum Gasteiger partial charge on any atom is 0.0666 e. The normalized spacial score (nSPS) is 37.2. The first-order valence-electron chi connectivity index (χ1n) is 6.49. The molecule has 0 saturated heterocycles. The van der Waals surface area contributed by atoms with E-state index in [1.807, 2.05) is 0 Å². The molecule has 0 aromatic heterocycles. The van der Waals surface area contributed by atoms with E-state index in [-0.39, 0.29) is 5.57 Å². The number of carbonyl (C=O) groups excluding carboxylic acids is 1. The molecule has 3 unspecified atom stereocenters. The molecule has 0 amide bonds. The third-order valence-electron chi connectivity index (χ3n) is 5.58. The number of rotatable bonds is 1. The fraction of sp³-hybridized carbons (Fsp3) is 0.800. The van der Waals surface area contributed by atoms with Gasteiger partial charge in [-0.2, -0.15) is 0 Å². The fourth-order valence-corrected chi connectivity index (χ4v) is 3.60. The third kappa shape index (κ3) is 2.27. The SMILES string of the molecule is C=C(C)C(=O)[O-].CC1CC2CCC1(C)C2(C)C. The number of aliphatic carboxylic acids is 1. The van der Waals surface area contributed by atoms with Gasteiger partial charge in [-0.1, -0.05) is 34.3 Å². The first kappa shape index (κ1) is 14.3. The van der Waals surface area contributed by atoms with Crippen LogP contribution in [-0.2, 0) is 4.79 Å². The van der Waals surface area contributed by atoms with Crippen molar-refractivity contribution in [1.82, 2.24) is 0 Å². The van der Waals surface area contributed by atoms with Gasteiger partial charge in [0, 0.05) is 0 Å². The van der Waals surface area contributed by atoms with Crippen molar-refractivity contribution >= 4 is 5.97 Å². The van der Waals surface area contributed by atoms with Crippen molar-refractivity contribution in [3.8, 4) is 0 Å². The van der Waals surface area contributed by atoms with Crippen molar-refractivity contribution < 1.29 is 9.90 Å². The average molecular weight is 237 g/mol. The highest BCUT2D eigenvalue weighted by molar-refractivity contribution is 5.82. The van der Waals surface area contributed by atoms with Crippen molar-refractivity contribution in [2.24, 2.45) is 22.7 Å². The van der Waals surface area contributed by atoms with Crippen molar-refractivity contribution in [3.05, 3.63) is 12.2 Å². The summed E-state index contributed by atoms with van der Waals surface area (Å²) in [6, 6.07) is 0. The maximum absolute atomic E-state index is 9.49. The van der Waals surface area contributed by atoms with E-state index in [4.69, 9.17) is 0 Å². The standard InChI is InChI=1S/C11H20.C4H6O2/c1-8-7-9-5-6-11(8,4)10(9,2)3;1-3(2)4(5)6/h8-9H,5-7H2,1-4H3;1H2,2H3,(H,5,6)/p-1. The third-order valence-corrected chi connectivity index (χ3v) is 5.58. The summed E-state index contributed by atoms with van der Waals surface area (Å²) in [4.78, 5) is 9.49. The largest absolute Gasteiger partial charge is 0.545 e. The van der Waals surface area contributed by atoms with Gasteiger partial charge in [-0.05, 0) is 54.4 Å². The van der Waals surface area contributed by atoms with E-state index in [0.717, 1.165) is 11.8 Å². The summed E-state index contributed by atoms with van der Waals surface area (Å²) in [6.07, 6.45) is 4.46. The van der Waals surface area contributed by atoms with Crippen molar-refractivity contribution in [2.45, 2.75) is 53.9 Å². The van der Waals surface area contributed by atoms with E-state index in [1.54, 1.807) is 0 Å². The van der Waals surface area contributed by atoms with E-state index < -0.39 is 5.97 Å². The van der Waals surface area contributed by atoms with Gasteiger partial charge >= 0.3 is 0 Å². The summed E-state index contributed by atoms with van der Waals surface area (Å²) in [5.41, 5.74) is 1.36. The molecule has 98 valence electrons. The van der Waals surface area contributed by atoms with Crippen LogP contribution in [0.25, 0.3) is 0 Å². The molecule has 2 fully saturated rings. The second-order valence-corrected chi connectivity index (χ2v) is 6.58. The number of hydrogen-bond donors (Lipinski definition) is 0. The first-order valence-corrected chi connectivity index (χ1v) is 6.49. The predicted octanol–water partition coefficient (Wildman–Crippen LogP) is 2.78. The van der Waals surface area contributed by atoms with E-state index in [2.05, 4.69) is 34.3 Å². The van der Waals surface area contributed by atoms with E-state index in [0.29, 0.717) is 10.8 Å². The molecule has 0 heterocycles. The van der Waals surface area contributed by atoms with E-state index in [9.17, 15) is 9.90 Å². The smallest absolute Gasteiger partial charge is 0.0666 e. The highest BCUT2D eigenvalue weighted by Crippen LogP contribution is 2.67. The molecule has 0 aromatic carbocycles. The quantitative estimate of drug-likeness (QED) is 0.658. The molecule has 0 aromatic rings. The monoisotopic (exact) mass is 237 g/mol. The second-order valence-electron chi connectivity index (χ2n) is 6.58. The molecule has 2 aliphatic rings. The molecular weight excluding hydrogens is 212 g/mol. The number of fused-ring (bicyclic) bond motifs is 2. The summed E-state index contributed by atoms with van der Waals surface area (Å²) in [6.45, 7) is 14.4. The number of hydrogen-bond acceptors (Lipinski definition) is 2. The average Bonchev–Trinajstić information content (AvgIpc) is 2.51. The van der Waals surface area contributed by atoms with Crippen LogP contribution in [0.3, 0.4) is 0 Å². The molecule has 2 aliphatic carbocycles. The zero-order valence-corrected chi connectivity index (χ0v) is 11.8. The topological polar surface area (TPSA) is 40.1 Å². The number of carboxylic acid groups (broad SMARTS) is 1. The Morgan fingerprint density at radius 2 is 1.82 bits per heavy atom. The summed E-state index contributed by atoms with van der Waals surface area (Å²) in [5, 5.41) is 9.49. The van der Waals surface area contributed by atoms with E-state index >= 15 is 0 Å². The Morgan fingerprint density at radius 3 is 1.94 bits per heavy atom. The number of carboxylic acids is 1. The Bertz CT molecular complexity index is 318. The van der Waals surface area contributed by atoms with Crippen LogP contribution in [0.5, 0.6) is 0 Å². The Hall–Kier alpha value is -0.790. The van der Waals surface area contributed by atoms with Gasteiger partial charge in [0.15, 0.2) is 0 Å². The van der Waals surface area contributed by atoms with Crippen LogP contribution in [0, 0.1) is 22.7 Å². The van der Waals surface area contributed by atoms with Gasteiger partial charge in [-0.3, -0.25) is 0 Å². The zero-order chi connectivity index (χ0) is 13.4. The predicted molar refractivity (Wildman–Crippen MR) is 68.2 cm³/mol. The highest BCUT2D eigenvalue weighted by atomic mass is 16.4. The lowest BCUT2D eigenvalue weighted by molar-refractivity contribution is -0.299. The lowest BCUT2D eigenvalue weighted by Gasteiger charge is -2.37. The van der Waals surface area contributed by atoms with Crippen molar-refractivity contribution in [1.29, 1.82) is 0 Å². The summed E-state index contributed by atoms with van der Waals surface area (Å²) in [7, 11) is 0. The van der Waals surface area contributed by atoms with Crippen LogP contribution in [-0.4, -0.2) is 5.97 Å². The molecule has 0 radical (unpaired) electrons. The van der Waals surface area contributed by atoms with Crippen LogP contribution in [0.2, 0.25) is 0 Å². The van der Waals surface area contributed by atoms with Crippen LogP contribution in [0.15, 0.2) is 12.2 Å². The van der Waals surface area contributed by atoms with Gasteiger partial charge in [0.05, 0.1) is 5.97 Å². The Morgan fingerprint density at radius 1 is 1.35 bits per heavy atom. The Kier molecular flexibility index (Phi) is 3.75.